The Labute approximate surface area is 147 Å². The van der Waals surface area contributed by atoms with Crippen LogP contribution in [0.2, 0.25) is 0 Å². The van der Waals surface area contributed by atoms with E-state index in [0.29, 0.717) is 6.61 Å². The van der Waals surface area contributed by atoms with E-state index in [1.165, 1.54) is 11.1 Å². The summed E-state index contributed by atoms with van der Waals surface area (Å²) in [5.74, 6) is 0.923. The van der Waals surface area contributed by atoms with Gasteiger partial charge in [-0.2, -0.15) is 0 Å². The molecular weight excluding hydrogens is 352 g/mol. The predicted molar refractivity (Wildman–Crippen MR) is 97.7 cm³/mol. The van der Waals surface area contributed by atoms with Gasteiger partial charge < -0.3 is 9.64 Å². The molecule has 4 heteroatoms. The van der Waals surface area contributed by atoms with E-state index < -0.39 is 0 Å². The molecule has 1 heterocycles. The van der Waals surface area contributed by atoms with Crippen molar-refractivity contribution in [2.24, 2.45) is 0 Å². The molecule has 0 amide bonds. The van der Waals surface area contributed by atoms with Crippen molar-refractivity contribution in [3.05, 3.63) is 64.1 Å². The van der Waals surface area contributed by atoms with Gasteiger partial charge in [0.15, 0.2) is 0 Å². The summed E-state index contributed by atoms with van der Waals surface area (Å²) in [6.07, 6.45) is 0. The molecule has 1 saturated heterocycles. The number of hydrogen-bond acceptors (Lipinski definition) is 3. The van der Waals surface area contributed by atoms with Gasteiger partial charge in [-0.25, -0.2) is 0 Å². The maximum atomic E-state index is 5.96. The van der Waals surface area contributed by atoms with Crippen LogP contribution in [0.3, 0.4) is 0 Å². The topological polar surface area (TPSA) is 15.7 Å². The number of ether oxygens (including phenoxy) is 1. The maximum Gasteiger partial charge on any atom is 0.121 e. The first-order chi connectivity index (χ1) is 11.2. The van der Waals surface area contributed by atoms with Gasteiger partial charge in [0, 0.05) is 37.2 Å². The molecule has 2 aromatic rings. The fraction of sp³-hybridized carbons (Fsp3) is 0.368. The molecule has 0 atom stereocenters. The van der Waals surface area contributed by atoms with Gasteiger partial charge >= 0.3 is 0 Å². The number of rotatable bonds is 5. The Balaban J connectivity index is 1.62. The minimum Gasteiger partial charge on any atom is -0.489 e. The number of piperazine rings is 1. The Bertz CT molecular complexity index is 625. The fourth-order valence-electron chi connectivity index (χ4n) is 2.80. The summed E-state index contributed by atoms with van der Waals surface area (Å²) in [6.45, 7) is 6.13. The third kappa shape index (κ3) is 5.06. The van der Waals surface area contributed by atoms with E-state index in [2.05, 4.69) is 57.0 Å². The summed E-state index contributed by atoms with van der Waals surface area (Å²) >= 11 is 3.61. The summed E-state index contributed by atoms with van der Waals surface area (Å²) in [5, 5.41) is 0. The van der Waals surface area contributed by atoms with Crippen LogP contribution in [0, 0.1) is 0 Å². The molecule has 0 aliphatic carbocycles. The average molecular weight is 375 g/mol. The molecule has 0 saturated carbocycles. The van der Waals surface area contributed by atoms with Crippen LogP contribution in [0.15, 0.2) is 53.0 Å². The Morgan fingerprint density at radius 3 is 2.43 bits per heavy atom. The molecule has 0 bridgehead atoms. The van der Waals surface area contributed by atoms with E-state index in [-0.39, 0.29) is 0 Å². The second kappa shape index (κ2) is 7.95. The van der Waals surface area contributed by atoms with Gasteiger partial charge in [-0.3, -0.25) is 4.90 Å². The van der Waals surface area contributed by atoms with E-state index in [4.69, 9.17) is 4.74 Å². The van der Waals surface area contributed by atoms with E-state index in [1.54, 1.807) is 0 Å². The van der Waals surface area contributed by atoms with Crippen LogP contribution in [-0.4, -0.2) is 43.0 Å². The molecule has 0 radical (unpaired) electrons. The smallest absolute Gasteiger partial charge is 0.121 e. The van der Waals surface area contributed by atoms with Crippen LogP contribution < -0.4 is 4.74 Å². The number of hydrogen-bond donors (Lipinski definition) is 0. The molecule has 23 heavy (non-hydrogen) atoms. The van der Waals surface area contributed by atoms with Gasteiger partial charge in [0.1, 0.15) is 12.4 Å². The first-order valence-corrected chi connectivity index (χ1v) is 8.85. The molecule has 0 unspecified atom stereocenters. The third-order valence-electron chi connectivity index (χ3n) is 4.18. The van der Waals surface area contributed by atoms with Gasteiger partial charge in [-0.15, -0.1) is 0 Å². The first kappa shape index (κ1) is 16.5. The van der Waals surface area contributed by atoms with Crippen molar-refractivity contribution in [1.29, 1.82) is 0 Å². The summed E-state index contributed by atoms with van der Waals surface area (Å²) in [5.41, 5.74) is 2.49. The minimum atomic E-state index is 0.602. The highest BCUT2D eigenvalue weighted by Gasteiger charge is 2.14. The lowest BCUT2D eigenvalue weighted by molar-refractivity contribution is 0.148. The van der Waals surface area contributed by atoms with Crippen molar-refractivity contribution >= 4 is 15.9 Å². The van der Waals surface area contributed by atoms with Crippen molar-refractivity contribution < 1.29 is 4.74 Å². The van der Waals surface area contributed by atoms with Crippen LogP contribution >= 0.6 is 15.9 Å². The van der Waals surface area contributed by atoms with Crippen LogP contribution in [0.1, 0.15) is 11.1 Å². The van der Waals surface area contributed by atoms with Gasteiger partial charge in [0.25, 0.3) is 0 Å². The number of benzene rings is 2. The summed E-state index contributed by atoms with van der Waals surface area (Å²) < 4.78 is 7.04. The maximum absolute atomic E-state index is 5.96. The predicted octanol–water partition coefficient (Wildman–Crippen LogP) is 3.78. The molecule has 1 aliphatic rings. The zero-order chi connectivity index (χ0) is 16.1. The van der Waals surface area contributed by atoms with Gasteiger partial charge in [-0.05, 0) is 36.4 Å². The zero-order valence-electron chi connectivity index (χ0n) is 13.5. The number of nitrogens with zero attached hydrogens (tertiary/aromatic N) is 2. The molecule has 0 N–H and O–H groups in total. The molecule has 122 valence electrons. The fourth-order valence-corrected chi connectivity index (χ4v) is 3.32. The number of likely N-dealkylation sites (N-methyl/N-ethyl adjacent to an activating group) is 1. The van der Waals surface area contributed by atoms with Crippen LogP contribution in [-0.2, 0) is 13.2 Å². The van der Waals surface area contributed by atoms with Crippen molar-refractivity contribution in [2.75, 3.05) is 33.2 Å². The molecular formula is C19H23BrN2O. The van der Waals surface area contributed by atoms with Crippen molar-refractivity contribution in [2.45, 2.75) is 13.2 Å². The Hall–Kier alpha value is -1.36. The normalized spacial score (nSPS) is 16.4. The molecule has 0 aromatic heterocycles. The Morgan fingerprint density at radius 1 is 0.957 bits per heavy atom. The van der Waals surface area contributed by atoms with Crippen LogP contribution in [0.4, 0.5) is 0 Å². The summed E-state index contributed by atoms with van der Waals surface area (Å²) in [6, 6.07) is 16.7. The molecule has 0 spiro atoms. The lowest BCUT2D eigenvalue weighted by Crippen LogP contribution is -2.43. The average Bonchev–Trinajstić information content (AvgIpc) is 2.56. The minimum absolute atomic E-state index is 0.602. The standard InChI is InChI=1S/C19H23BrN2O/c1-21-7-9-22(10-8-21)14-17-11-18(20)13-19(12-17)23-15-16-5-3-2-4-6-16/h2-6,11-13H,7-10,14-15H2,1H3. The molecule has 3 rings (SSSR count). The molecule has 1 aliphatic heterocycles. The van der Waals surface area contributed by atoms with E-state index in [9.17, 15) is 0 Å². The van der Waals surface area contributed by atoms with E-state index >= 15 is 0 Å². The van der Waals surface area contributed by atoms with Crippen molar-refractivity contribution in [3.8, 4) is 5.75 Å². The van der Waals surface area contributed by atoms with E-state index in [1.807, 2.05) is 24.3 Å². The second-order valence-electron chi connectivity index (χ2n) is 6.15. The zero-order valence-corrected chi connectivity index (χ0v) is 15.1. The van der Waals surface area contributed by atoms with Gasteiger partial charge in [0.05, 0.1) is 0 Å². The van der Waals surface area contributed by atoms with Crippen molar-refractivity contribution in [3.63, 3.8) is 0 Å². The molecule has 3 nitrogen and oxygen atoms in total. The largest absolute Gasteiger partial charge is 0.489 e. The van der Waals surface area contributed by atoms with Gasteiger partial charge in [-0.1, -0.05) is 46.3 Å². The summed E-state index contributed by atoms with van der Waals surface area (Å²) in [4.78, 5) is 4.88. The third-order valence-corrected chi connectivity index (χ3v) is 4.64. The highest BCUT2D eigenvalue weighted by molar-refractivity contribution is 9.10. The monoisotopic (exact) mass is 374 g/mol. The molecule has 1 fully saturated rings. The highest BCUT2D eigenvalue weighted by atomic mass is 79.9. The Morgan fingerprint density at radius 2 is 1.70 bits per heavy atom. The van der Waals surface area contributed by atoms with Crippen molar-refractivity contribution in [1.82, 2.24) is 9.80 Å². The lowest BCUT2D eigenvalue weighted by atomic mass is 10.2. The van der Waals surface area contributed by atoms with E-state index in [0.717, 1.165) is 42.9 Å². The molecule has 2 aromatic carbocycles. The van der Waals surface area contributed by atoms with Crippen LogP contribution in [0.25, 0.3) is 0 Å². The summed E-state index contributed by atoms with van der Waals surface area (Å²) in [7, 11) is 2.19. The lowest BCUT2D eigenvalue weighted by Gasteiger charge is -2.32. The number of halogens is 1. The Kier molecular flexibility index (Phi) is 5.70. The second-order valence-corrected chi connectivity index (χ2v) is 7.06. The van der Waals surface area contributed by atoms with Gasteiger partial charge in [0.2, 0.25) is 0 Å². The van der Waals surface area contributed by atoms with Crippen LogP contribution in [0.5, 0.6) is 5.75 Å². The SMILES string of the molecule is CN1CCN(Cc2cc(Br)cc(OCc3ccccc3)c2)CC1. The first-order valence-electron chi connectivity index (χ1n) is 8.06. The quantitative estimate of drug-likeness (QED) is 0.791. The highest BCUT2D eigenvalue weighted by Crippen LogP contribution is 2.23.